The number of nitrogens with zero attached hydrogens (tertiary/aromatic N) is 1. The Bertz CT molecular complexity index is 1690. The third kappa shape index (κ3) is 6.67. The fourth-order valence-electron chi connectivity index (χ4n) is 5.06. The third-order valence-electron chi connectivity index (χ3n) is 6.89. The molecule has 0 radical (unpaired) electrons. The molecule has 9 heteroatoms. The maximum atomic E-state index is 15.6. The van der Waals surface area contributed by atoms with Gasteiger partial charge in [-0.25, -0.2) is 14.2 Å². The fraction of sp³-hybridized carbons (Fsp3) is 0.206. The number of halogens is 1. The van der Waals surface area contributed by atoms with Crippen LogP contribution in [0.2, 0.25) is 0 Å². The fourth-order valence-corrected chi connectivity index (χ4v) is 5.06. The van der Waals surface area contributed by atoms with Crippen molar-refractivity contribution >= 4 is 28.6 Å². The van der Waals surface area contributed by atoms with Crippen molar-refractivity contribution in [2.24, 2.45) is 0 Å². The van der Waals surface area contributed by atoms with Crippen LogP contribution in [0.25, 0.3) is 22.0 Å². The van der Waals surface area contributed by atoms with Crippen LogP contribution in [-0.4, -0.2) is 40.7 Å². The number of carbonyl (C=O) groups excluding carboxylic acids is 2. The van der Waals surface area contributed by atoms with Gasteiger partial charge in [-0.1, -0.05) is 60.7 Å². The van der Waals surface area contributed by atoms with Crippen LogP contribution in [0, 0.1) is 5.82 Å². The number of nitrogens with one attached hydrogen (secondary N) is 3. The Balaban J connectivity index is 1.49. The molecule has 0 unspecified atom stereocenters. The zero-order valence-electron chi connectivity index (χ0n) is 24.4. The van der Waals surface area contributed by atoms with E-state index in [4.69, 9.17) is 9.47 Å². The number of alkyl carbamates (subject to hydrolysis) is 1. The number of hydrogen-bond acceptors (Lipinski definition) is 5. The molecule has 0 aliphatic carbocycles. The zero-order chi connectivity index (χ0) is 30.6. The maximum absolute atomic E-state index is 15.6. The molecule has 5 aromatic rings. The number of H-pyrrole nitrogens is 1. The molecule has 2 amide bonds. The average Bonchev–Trinajstić information content (AvgIpc) is 3.47. The largest absolute Gasteiger partial charge is 0.479 e. The normalized spacial score (nSPS) is 12.1. The number of aromatic nitrogens is 2. The van der Waals surface area contributed by atoms with E-state index in [2.05, 4.69) is 20.6 Å². The highest BCUT2D eigenvalue weighted by atomic mass is 19.1. The third-order valence-corrected chi connectivity index (χ3v) is 6.89. The number of anilines is 1. The van der Waals surface area contributed by atoms with Gasteiger partial charge in [0.2, 0.25) is 11.8 Å². The number of amides is 2. The highest BCUT2D eigenvalue weighted by Gasteiger charge is 2.34. The van der Waals surface area contributed by atoms with Crippen molar-refractivity contribution in [3.8, 4) is 17.0 Å². The van der Waals surface area contributed by atoms with Crippen LogP contribution in [0.4, 0.5) is 14.9 Å². The van der Waals surface area contributed by atoms with E-state index >= 15 is 4.39 Å². The van der Waals surface area contributed by atoms with Gasteiger partial charge in [0.25, 0.3) is 0 Å². The number of pyridine rings is 1. The number of methoxy groups -OCH3 is 1. The van der Waals surface area contributed by atoms with Gasteiger partial charge >= 0.3 is 6.09 Å². The maximum Gasteiger partial charge on any atom is 0.408 e. The molecule has 3 aromatic carbocycles. The molecule has 220 valence electrons. The van der Waals surface area contributed by atoms with E-state index < -0.39 is 35.4 Å². The molecule has 0 saturated heterocycles. The van der Waals surface area contributed by atoms with Gasteiger partial charge in [0.05, 0.1) is 7.11 Å². The molecule has 8 nitrogen and oxygen atoms in total. The molecule has 0 aliphatic rings. The molecule has 0 spiro atoms. The van der Waals surface area contributed by atoms with Crippen molar-refractivity contribution < 1.29 is 23.5 Å². The monoisotopic (exact) mass is 580 g/mol. The molecule has 3 N–H and O–H groups in total. The summed E-state index contributed by atoms with van der Waals surface area (Å²) in [5, 5.41) is 6.34. The van der Waals surface area contributed by atoms with E-state index in [0.717, 1.165) is 16.5 Å². The molecule has 1 atom stereocenters. The second-order valence-electron chi connectivity index (χ2n) is 11.1. The Labute approximate surface area is 249 Å². The van der Waals surface area contributed by atoms with E-state index in [1.54, 1.807) is 45.3 Å². The van der Waals surface area contributed by atoms with E-state index in [1.165, 1.54) is 13.2 Å². The highest BCUT2D eigenvalue weighted by molar-refractivity contribution is 5.99. The second kappa shape index (κ2) is 12.4. The lowest BCUT2D eigenvalue weighted by Gasteiger charge is -2.29. The first-order valence-corrected chi connectivity index (χ1v) is 13.8. The summed E-state index contributed by atoms with van der Waals surface area (Å²) in [4.78, 5) is 34.3. The summed E-state index contributed by atoms with van der Waals surface area (Å²) in [5.74, 6) is -1.24. The Hall–Kier alpha value is -5.18. The highest BCUT2D eigenvalue weighted by Crippen LogP contribution is 2.35. The lowest BCUT2D eigenvalue weighted by atomic mass is 9.84. The van der Waals surface area contributed by atoms with Crippen LogP contribution in [0.3, 0.4) is 0 Å². The Morgan fingerprint density at radius 3 is 2.14 bits per heavy atom. The van der Waals surface area contributed by atoms with Gasteiger partial charge in [-0.2, -0.15) is 0 Å². The molecular weight excluding hydrogens is 547 g/mol. The van der Waals surface area contributed by atoms with Crippen LogP contribution in [0.1, 0.15) is 37.8 Å². The van der Waals surface area contributed by atoms with E-state index in [-0.39, 0.29) is 5.69 Å². The smallest absolute Gasteiger partial charge is 0.408 e. The minimum Gasteiger partial charge on any atom is -0.479 e. The molecule has 5 rings (SSSR count). The number of hydrogen-bond donors (Lipinski definition) is 3. The second-order valence-corrected chi connectivity index (χ2v) is 11.1. The Morgan fingerprint density at radius 1 is 0.907 bits per heavy atom. The summed E-state index contributed by atoms with van der Waals surface area (Å²) in [6.07, 6.45) is 2.54. The molecule has 0 saturated carbocycles. The first-order valence-electron chi connectivity index (χ1n) is 13.8. The van der Waals surface area contributed by atoms with E-state index in [9.17, 15) is 9.59 Å². The number of carbonyl (C=O) groups is 2. The first kappa shape index (κ1) is 29.3. The van der Waals surface area contributed by atoms with Crippen molar-refractivity contribution in [1.82, 2.24) is 15.3 Å². The molecule has 2 aromatic heterocycles. The van der Waals surface area contributed by atoms with Gasteiger partial charge in [0, 0.05) is 40.5 Å². The van der Waals surface area contributed by atoms with E-state index in [1.807, 2.05) is 66.7 Å². The summed E-state index contributed by atoms with van der Waals surface area (Å²) in [7, 11) is 1.52. The van der Waals surface area contributed by atoms with Crippen LogP contribution < -0.4 is 15.4 Å². The van der Waals surface area contributed by atoms with Gasteiger partial charge in [0.1, 0.15) is 23.0 Å². The Morgan fingerprint density at radius 2 is 1.56 bits per heavy atom. The van der Waals surface area contributed by atoms with Gasteiger partial charge in [0.15, 0.2) is 0 Å². The summed E-state index contributed by atoms with van der Waals surface area (Å²) < 4.78 is 26.4. The minimum absolute atomic E-state index is 0.230. The van der Waals surface area contributed by atoms with Crippen LogP contribution in [0.5, 0.6) is 5.88 Å². The quantitative estimate of drug-likeness (QED) is 0.183. The Kier molecular flexibility index (Phi) is 8.43. The number of ether oxygens (including phenoxy) is 2. The summed E-state index contributed by atoms with van der Waals surface area (Å²) in [5.41, 5.74) is 2.62. The molecule has 0 fully saturated rings. The first-order chi connectivity index (χ1) is 20.6. The van der Waals surface area contributed by atoms with Crippen molar-refractivity contribution in [2.45, 2.75) is 38.3 Å². The lowest BCUT2D eigenvalue weighted by molar-refractivity contribution is -0.118. The van der Waals surface area contributed by atoms with Crippen molar-refractivity contribution in [3.05, 3.63) is 114 Å². The van der Waals surface area contributed by atoms with Gasteiger partial charge in [-0.05, 0) is 56.2 Å². The van der Waals surface area contributed by atoms with Gasteiger partial charge < -0.3 is 25.1 Å². The predicted molar refractivity (Wildman–Crippen MR) is 165 cm³/mol. The number of benzene rings is 3. The average molecular weight is 581 g/mol. The summed E-state index contributed by atoms with van der Waals surface area (Å²) >= 11 is 0. The van der Waals surface area contributed by atoms with Gasteiger partial charge in [-0.3, -0.25) is 4.79 Å². The number of fused-ring (bicyclic) bond motifs is 1. The molecule has 0 bridgehead atoms. The molecule has 0 aliphatic heterocycles. The SMILES string of the molecule is COc1ncc(-c2ccc(NC(=O)[C@@H](NC(=O)OC(C)(C)C)C(c3ccccc3)c3ccccc3)cc2F)c2cc[nH]c12. The zero-order valence-corrected chi connectivity index (χ0v) is 24.4. The minimum atomic E-state index is -1.09. The van der Waals surface area contributed by atoms with Crippen molar-refractivity contribution in [2.75, 3.05) is 12.4 Å². The summed E-state index contributed by atoms with van der Waals surface area (Å²) in [6.45, 7) is 5.24. The van der Waals surface area contributed by atoms with Gasteiger partial charge in [-0.15, -0.1) is 0 Å². The number of rotatable bonds is 8. The van der Waals surface area contributed by atoms with E-state index in [0.29, 0.717) is 22.5 Å². The van der Waals surface area contributed by atoms with Crippen LogP contribution in [-0.2, 0) is 9.53 Å². The molecular formula is C34H33FN4O4. The van der Waals surface area contributed by atoms with Crippen LogP contribution >= 0.6 is 0 Å². The van der Waals surface area contributed by atoms with Crippen molar-refractivity contribution in [1.29, 1.82) is 0 Å². The summed E-state index contributed by atoms with van der Waals surface area (Å²) in [6, 6.07) is 24.0. The van der Waals surface area contributed by atoms with Crippen LogP contribution in [0.15, 0.2) is 97.3 Å². The lowest BCUT2D eigenvalue weighted by Crippen LogP contribution is -2.49. The standard InChI is InChI=1S/C34H33FN4O4/c1-34(2,3)43-33(41)39-30(28(21-11-7-5-8-12-21)22-13-9-6-10-14-22)31(40)38-23-15-16-24(27(35)19-23)26-20-37-32(42-4)29-25(26)17-18-36-29/h5-20,28,30,36H,1-4H3,(H,38,40)(H,39,41)/t30-/m0/s1. The predicted octanol–water partition coefficient (Wildman–Crippen LogP) is 7.04. The topological polar surface area (TPSA) is 105 Å². The number of aromatic amines is 1. The molecule has 43 heavy (non-hydrogen) atoms. The molecule has 2 heterocycles. The van der Waals surface area contributed by atoms with Crippen molar-refractivity contribution in [3.63, 3.8) is 0 Å².